The van der Waals surface area contributed by atoms with Crippen LogP contribution in [0.3, 0.4) is 0 Å². The number of piperidine rings is 1. The van der Waals surface area contributed by atoms with Crippen LogP contribution in [0.5, 0.6) is 0 Å². The highest BCUT2D eigenvalue weighted by molar-refractivity contribution is 6.19. The Hall–Kier alpha value is -5.28. The van der Waals surface area contributed by atoms with Crippen LogP contribution in [0.15, 0.2) is 42.5 Å². The van der Waals surface area contributed by atoms with Gasteiger partial charge in [0.25, 0.3) is 5.91 Å². The molecule has 0 spiro atoms. The van der Waals surface area contributed by atoms with E-state index >= 15 is 8.78 Å². The average Bonchev–Trinajstić information content (AvgIpc) is 2.99. The lowest BCUT2D eigenvalue weighted by Crippen LogP contribution is -2.55. The SMILES string of the molecule is CC(C)(C)OC(=O)N1CCC(N(C(=O)N(C(=O)OC(C)(C)C)c2cc(C(=O)N(C(=O)OC(C)(C)C)C(=O)OC(C)(C)C)c(F)cc2F)c2ccccc2)CC1. The Bertz CT molecular complexity index is 1740. The van der Waals surface area contributed by atoms with Crippen molar-refractivity contribution in [1.29, 1.82) is 0 Å². The number of likely N-dealkylation sites (tertiary alicyclic amines) is 1. The molecule has 2 aromatic carbocycles. The maximum Gasteiger partial charge on any atom is 0.427 e. The third-order valence-corrected chi connectivity index (χ3v) is 7.35. The predicted molar refractivity (Wildman–Crippen MR) is 199 cm³/mol. The highest BCUT2D eigenvalue weighted by atomic mass is 19.1. The van der Waals surface area contributed by atoms with Crippen LogP contribution in [0, 0.1) is 11.6 Å². The van der Waals surface area contributed by atoms with Crippen LogP contribution < -0.4 is 9.80 Å². The highest BCUT2D eigenvalue weighted by Crippen LogP contribution is 2.32. The molecule has 2 aromatic rings. The van der Waals surface area contributed by atoms with E-state index in [0.29, 0.717) is 11.0 Å². The number of anilines is 2. The first-order valence-corrected chi connectivity index (χ1v) is 17.8. The second kappa shape index (κ2) is 16.6. The van der Waals surface area contributed by atoms with Crippen molar-refractivity contribution in [3.63, 3.8) is 0 Å². The topological polar surface area (TPSA) is 152 Å². The summed E-state index contributed by atoms with van der Waals surface area (Å²) in [5.41, 5.74) is -6.15. The van der Waals surface area contributed by atoms with Gasteiger partial charge >= 0.3 is 30.4 Å². The molecule has 302 valence electrons. The number of imide groups is 4. The Kier molecular flexibility index (Phi) is 13.3. The van der Waals surface area contributed by atoms with Gasteiger partial charge < -0.3 is 23.8 Å². The van der Waals surface area contributed by atoms with Crippen LogP contribution in [0.1, 0.15) is 106 Å². The zero-order valence-corrected chi connectivity index (χ0v) is 33.6. The van der Waals surface area contributed by atoms with Crippen LogP contribution in [0.4, 0.5) is 44.1 Å². The smallest absolute Gasteiger partial charge is 0.427 e. The number of para-hydroxylation sites is 1. The van der Waals surface area contributed by atoms with Crippen LogP contribution in [-0.2, 0) is 18.9 Å². The summed E-state index contributed by atoms with van der Waals surface area (Å²) in [5.74, 6) is -4.62. The van der Waals surface area contributed by atoms with Crippen LogP contribution >= 0.6 is 0 Å². The van der Waals surface area contributed by atoms with Crippen molar-refractivity contribution in [2.24, 2.45) is 0 Å². The van der Waals surface area contributed by atoms with Crippen molar-refractivity contribution in [1.82, 2.24) is 9.80 Å². The monoisotopic (exact) mass is 774 g/mol. The van der Waals surface area contributed by atoms with E-state index < -0.39 is 87.6 Å². The molecular weight excluding hydrogens is 722 g/mol. The van der Waals surface area contributed by atoms with Crippen LogP contribution in [0.2, 0.25) is 0 Å². The lowest BCUT2D eigenvalue weighted by atomic mass is 10.0. The van der Waals surface area contributed by atoms with Gasteiger partial charge in [0.05, 0.1) is 11.3 Å². The number of carbonyl (C=O) groups excluding carboxylic acids is 6. The summed E-state index contributed by atoms with van der Waals surface area (Å²) in [6.07, 6.45) is -4.56. The van der Waals surface area contributed by atoms with Crippen LogP contribution in [0.25, 0.3) is 0 Å². The van der Waals surface area contributed by atoms with E-state index in [-0.39, 0.29) is 42.6 Å². The minimum Gasteiger partial charge on any atom is -0.444 e. The Balaban J connectivity index is 2.19. The van der Waals surface area contributed by atoms with Gasteiger partial charge in [0.2, 0.25) is 0 Å². The van der Waals surface area contributed by atoms with Crippen molar-refractivity contribution < 1.29 is 56.5 Å². The number of halogens is 2. The molecule has 7 amide bonds. The fourth-order valence-electron chi connectivity index (χ4n) is 5.24. The van der Waals surface area contributed by atoms with E-state index in [0.717, 1.165) is 0 Å². The van der Waals surface area contributed by atoms with Crippen molar-refractivity contribution >= 4 is 47.7 Å². The molecule has 1 fully saturated rings. The maximum absolute atomic E-state index is 16.0. The van der Waals surface area contributed by atoms with Gasteiger partial charge in [0, 0.05) is 30.9 Å². The lowest BCUT2D eigenvalue weighted by Gasteiger charge is -2.40. The van der Waals surface area contributed by atoms with Gasteiger partial charge in [0.15, 0.2) is 5.82 Å². The summed E-state index contributed by atoms with van der Waals surface area (Å²) in [5, 5.41) is 0. The number of ether oxygens (including phenoxy) is 4. The number of hydrogen-bond donors (Lipinski definition) is 0. The summed E-state index contributed by atoms with van der Waals surface area (Å²) in [6, 6.07) is 7.10. The van der Waals surface area contributed by atoms with Gasteiger partial charge in [-0.15, -0.1) is 4.90 Å². The third-order valence-electron chi connectivity index (χ3n) is 7.35. The van der Waals surface area contributed by atoms with Gasteiger partial charge in [-0.1, -0.05) is 18.2 Å². The minimum absolute atomic E-state index is 0.0923. The molecule has 1 saturated heterocycles. The van der Waals surface area contributed by atoms with Crippen molar-refractivity contribution in [2.75, 3.05) is 22.9 Å². The zero-order valence-electron chi connectivity index (χ0n) is 33.6. The summed E-state index contributed by atoms with van der Waals surface area (Å²) >= 11 is 0. The van der Waals surface area contributed by atoms with E-state index in [9.17, 15) is 28.8 Å². The molecule has 0 N–H and O–H groups in total. The number of nitrogens with zero attached hydrogens (tertiary/aromatic N) is 4. The largest absolute Gasteiger partial charge is 0.444 e. The molecule has 0 unspecified atom stereocenters. The minimum atomic E-state index is -1.63. The Labute approximate surface area is 320 Å². The van der Waals surface area contributed by atoms with E-state index in [1.165, 1.54) is 72.1 Å². The standard InChI is InChI=1S/C39H52F2N4O10/c1-36(2,3)52-32(48)42-20-18-25(19-21-42)43(24-16-14-13-15-17-24)31(47)44(33(49)53-37(4,5)6)29-22-26(27(40)23-28(29)41)30(46)45(34(50)54-38(7,8)9)35(51)55-39(10,11)12/h13-17,22-23,25H,18-21H2,1-12H3. The molecular formula is C39H52F2N4O10. The number of amides is 7. The number of carbonyl (C=O) groups is 6. The van der Waals surface area contributed by atoms with Crippen LogP contribution in [-0.4, -0.2) is 87.6 Å². The average molecular weight is 775 g/mol. The molecule has 0 bridgehead atoms. The molecule has 0 aromatic heterocycles. The maximum atomic E-state index is 16.0. The van der Waals surface area contributed by atoms with Gasteiger partial charge in [0.1, 0.15) is 28.2 Å². The summed E-state index contributed by atoms with van der Waals surface area (Å²) in [6.45, 7) is 18.8. The van der Waals surface area contributed by atoms with Gasteiger partial charge in [-0.05, 0) is 114 Å². The first-order chi connectivity index (χ1) is 25.1. The number of hydrogen-bond acceptors (Lipinski definition) is 10. The first-order valence-electron chi connectivity index (χ1n) is 17.8. The summed E-state index contributed by atoms with van der Waals surface area (Å²) in [4.78, 5) is 84.9. The second-order valence-electron chi connectivity index (χ2n) is 16.9. The molecule has 14 nitrogen and oxygen atoms in total. The Morgan fingerprint density at radius 3 is 1.55 bits per heavy atom. The lowest BCUT2D eigenvalue weighted by molar-refractivity contribution is 0.00360. The Morgan fingerprint density at radius 2 is 1.09 bits per heavy atom. The fourth-order valence-corrected chi connectivity index (χ4v) is 5.24. The molecule has 0 atom stereocenters. The second-order valence-corrected chi connectivity index (χ2v) is 16.9. The summed E-state index contributed by atoms with van der Waals surface area (Å²) < 4.78 is 53.2. The number of urea groups is 1. The van der Waals surface area contributed by atoms with Crippen molar-refractivity contribution in [3.05, 3.63) is 59.7 Å². The summed E-state index contributed by atoms with van der Waals surface area (Å²) in [7, 11) is 0. The third kappa shape index (κ3) is 12.4. The molecule has 1 heterocycles. The van der Waals surface area contributed by atoms with Gasteiger partial charge in [-0.2, -0.15) is 4.90 Å². The first kappa shape index (κ1) is 44.1. The predicted octanol–water partition coefficient (Wildman–Crippen LogP) is 9.04. The van der Waals surface area contributed by atoms with E-state index in [4.69, 9.17) is 18.9 Å². The van der Waals surface area contributed by atoms with Gasteiger partial charge in [-0.3, -0.25) is 9.69 Å². The zero-order chi connectivity index (χ0) is 41.8. The number of rotatable bonds is 4. The van der Waals surface area contributed by atoms with Crippen molar-refractivity contribution in [2.45, 2.75) is 124 Å². The fraction of sp³-hybridized carbons (Fsp3) is 0.538. The quantitative estimate of drug-likeness (QED) is 0.275. The normalized spacial score (nSPS) is 14.0. The Morgan fingerprint density at radius 1 is 0.636 bits per heavy atom. The molecule has 16 heteroatoms. The molecule has 0 saturated carbocycles. The van der Waals surface area contributed by atoms with E-state index in [1.807, 2.05) is 0 Å². The molecule has 3 rings (SSSR count). The number of benzene rings is 2. The molecule has 0 radical (unpaired) electrons. The van der Waals surface area contributed by atoms with Gasteiger partial charge in [-0.25, -0.2) is 32.8 Å². The molecule has 55 heavy (non-hydrogen) atoms. The molecule has 0 aliphatic carbocycles. The highest BCUT2D eigenvalue weighted by Gasteiger charge is 2.42. The van der Waals surface area contributed by atoms with E-state index in [1.54, 1.807) is 51.1 Å². The molecule has 1 aliphatic heterocycles. The van der Waals surface area contributed by atoms with Crippen molar-refractivity contribution in [3.8, 4) is 0 Å². The molecule has 1 aliphatic rings. The van der Waals surface area contributed by atoms with E-state index in [2.05, 4.69) is 0 Å².